The van der Waals surface area contributed by atoms with E-state index in [4.69, 9.17) is 0 Å². The first kappa shape index (κ1) is 11.3. The van der Waals surface area contributed by atoms with Crippen molar-refractivity contribution in [3.8, 4) is 0 Å². The summed E-state index contributed by atoms with van der Waals surface area (Å²) < 4.78 is 0. The SMILES string of the molecule is C=CC(=O)N1CCCN2c3ccccc3C[C@@H]2C1. The molecule has 1 fully saturated rings. The molecule has 3 nitrogen and oxygen atoms in total. The zero-order valence-electron chi connectivity index (χ0n) is 10.5. The topological polar surface area (TPSA) is 23.6 Å². The van der Waals surface area contributed by atoms with Gasteiger partial charge in [0.15, 0.2) is 0 Å². The van der Waals surface area contributed by atoms with Gasteiger partial charge in [-0.3, -0.25) is 4.79 Å². The van der Waals surface area contributed by atoms with E-state index in [1.807, 2.05) is 4.90 Å². The Hall–Kier alpha value is -1.77. The number of rotatable bonds is 1. The number of hydrogen-bond donors (Lipinski definition) is 0. The number of carbonyl (C=O) groups is 1. The first-order valence-corrected chi connectivity index (χ1v) is 6.55. The van der Waals surface area contributed by atoms with Crippen molar-refractivity contribution >= 4 is 11.6 Å². The average molecular weight is 242 g/mol. The van der Waals surface area contributed by atoms with Gasteiger partial charge in [0, 0.05) is 25.3 Å². The van der Waals surface area contributed by atoms with Crippen molar-refractivity contribution in [2.45, 2.75) is 18.9 Å². The van der Waals surface area contributed by atoms with E-state index in [9.17, 15) is 4.79 Å². The molecule has 3 heteroatoms. The highest BCUT2D eigenvalue weighted by Crippen LogP contribution is 2.33. The summed E-state index contributed by atoms with van der Waals surface area (Å²) in [7, 11) is 0. The summed E-state index contributed by atoms with van der Waals surface area (Å²) in [5.74, 6) is 0.0628. The summed E-state index contributed by atoms with van der Waals surface area (Å²) in [5, 5.41) is 0. The molecule has 2 aliphatic rings. The first-order valence-electron chi connectivity index (χ1n) is 6.55. The third-order valence-electron chi connectivity index (χ3n) is 3.94. The lowest BCUT2D eigenvalue weighted by molar-refractivity contribution is -0.126. The maximum Gasteiger partial charge on any atom is 0.246 e. The van der Waals surface area contributed by atoms with Gasteiger partial charge in [0.05, 0.1) is 6.04 Å². The lowest BCUT2D eigenvalue weighted by Crippen LogP contribution is -2.40. The van der Waals surface area contributed by atoms with Crippen LogP contribution >= 0.6 is 0 Å². The molecular formula is C15H18N2O. The molecule has 0 radical (unpaired) electrons. The van der Waals surface area contributed by atoms with Gasteiger partial charge < -0.3 is 9.80 Å². The number of benzene rings is 1. The maximum atomic E-state index is 11.8. The Morgan fingerprint density at radius 2 is 2.17 bits per heavy atom. The monoisotopic (exact) mass is 242 g/mol. The summed E-state index contributed by atoms with van der Waals surface area (Å²) in [4.78, 5) is 16.2. The van der Waals surface area contributed by atoms with Gasteiger partial charge >= 0.3 is 0 Å². The van der Waals surface area contributed by atoms with Crippen LogP contribution in [0.15, 0.2) is 36.9 Å². The van der Waals surface area contributed by atoms with Gasteiger partial charge in [0.25, 0.3) is 0 Å². The normalized spacial score (nSPS) is 22.1. The van der Waals surface area contributed by atoms with Crippen LogP contribution in [0.25, 0.3) is 0 Å². The average Bonchev–Trinajstić information content (AvgIpc) is 2.61. The molecular weight excluding hydrogens is 224 g/mol. The molecule has 2 heterocycles. The van der Waals surface area contributed by atoms with Crippen LogP contribution in [-0.2, 0) is 11.2 Å². The molecule has 2 aliphatic heterocycles. The van der Waals surface area contributed by atoms with E-state index in [1.54, 1.807) is 0 Å². The summed E-state index contributed by atoms with van der Waals surface area (Å²) >= 11 is 0. The van der Waals surface area contributed by atoms with Crippen LogP contribution in [0.5, 0.6) is 0 Å². The summed E-state index contributed by atoms with van der Waals surface area (Å²) in [6, 6.07) is 9.02. The van der Waals surface area contributed by atoms with Crippen LogP contribution in [-0.4, -0.2) is 36.5 Å². The summed E-state index contributed by atoms with van der Waals surface area (Å²) in [6.07, 6.45) is 3.51. The minimum atomic E-state index is 0.0628. The van der Waals surface area contributed by atoms with E-state index in [0.29, 0.717) is 6.04 Å². The highest BCUT2D eigenvalue weighted by atomic mass is 16.2. The second-order valence-corrected chi connectivity index (χ2v) is 5.02. The molecule has 1 aromatic carbocycles. The molecule has 0 saturated carbocycles. The van der Waals surface area contributed by atoms with Crippen LogP contribution in [0.4, 0.5) is 5.69 Å². The molecule has 0 unspecified atom stereocenters. The molecule has 0 aliphatic carbocycles. The van der Waals surface area contributed by atoms with Crippen LogP contribution in [0.2, 0.25) is 0 Å². The molecule has 0 N–H and O–H groups in total. The van der Waals surface area contributed by atoms with Gasteiger partial charge in [0.1, 0.15) is 0 Å². The smallest absolute Gasteiger partial charge is 0.246 e. The van der Waals surface area contributed by atoms with Crippen molar-refractivity contribution in [3.63, 3.8) is 0 Å². The Labute approximate surface area is 108 Å². The third-order valence-corrected chi connectivity index (χ3v) is 3.94. The largest absolute Gasteiger partial charge is 0.366 e. The van der Waals surface area contributed by atoms with Crippen LogP contribution in [0.3, 0.4) is 0 Å². The van der Waals surface area contributed by atoms with Gasteiger partial charge in [0.2, 0.25) is 5.91 Å². The Bertz CT molecular complexity index is 483. The minimum Gasteiger partial charge on any atom is -0.366 e. The van der Waals surface area contributed by atoms with Gasteiger partial charge in [-0.15, -0.1) is 0 Å². The van der Waals surface area contributed by atoms with E-state index in [0.717, 1.165) is 32.5 Å². The van der Waals surface area contributed by atoms with E-state index in [1.165, 1.54) is 17.3 Å². The molecule has 1 aromatic rings. The van der Waals surface area contributed by atoms with Crippen molar-refractivity contribution in [1.82, 2.24) is 4.90 Å². The van der Waals surface area contributed by atoms with Gasteiger partial charge in [-0.05, 0) is 30.5 Å². The van der Waals surface area contributed by atoms with Crippen molar-refractivity contribution in [3.05, 3.63) is 42.5 Å². The fourth-order valence-electron chi connectivity index (χ4n) is 3.10. The molecule has 0 spiro atoms. The van der Waals surface area contributed by atoms with Crippen molar-refractivity contribution in [1.29, 1.82) is 0 Å². The summed E-state index contributed by atoms with van der Waals surface area (Å²) in [5.41, 5.74) is 2.77. The van der Waals surface area contributed by atoms with Crippen LogP contribution < -0.4 is 4.90 Å². The van der Waals surface area contributed by atoms with Gasteiger partial charge in [-0.2, -0.15) is 0 Å². The van der Waals surface area contributed by atoms with Crippen LogP contribution in [0, 0.1) is 0 Å². The lowest BCUT2D eigenvalue weighted by atomic mass is 10.1. The second kappa shape index (κ2) is 4.48. The fourth-order valence-corrected chi connectivity index (χ4v) is 3.10. The predicted molar refractivity (Wildman–Crippen MR) is 72.7 cm³/mol. The molecule has 3 rings (SSSR count). The van der Waals surface area contributed by atoms with Crippen molar-refractivity contribution in [2.75, 3.05) is 24.5 Å². The number of fused-ring (bicyclic) bond motifs is 3. The zero-order valence-corrected chi connectivity index (χ0v) is 10.5. The number of para-hydroxylation sites is 1. The third kappa shape index (κ3) is 1.80. The molecule has 18 heavy (non-hydrogen) atoms. The standard InChI is InChI=1S/C15H18N2O/c1-2-15(18)16-8-5-9-17-13(11-16)10-12-6-3-4-7-14(12)17/h2-4,6-7,13H,1,5,8-11H2/t13-/m1/s1. The van der Waals surface area contributed by atoms with Gasteiger partial charge in [-0.1, -0.05) is 24.8 Å². The number of anilines is 1. The molecule has 0 bridgehead atoms. The summed E-state index contributed by atoms with van der Waals surface area (Å²) in [6.45, 7) is 6.30. The van der Waals surface area contributed by atoms with E-state index in [-0.39, 0.29) is 5.91 Å². The molecule has 0 aromatic heterocycles. The fraction of sp³-hybridized carbons (Fsp3) is 0.400. The highest BCUT2D eigenvalue weighted by Gasteiger charge is 2.32. The highest BCUT2D eigenvalue weighted by molar-refractivity contribution is 5.87. The number of amides is 1. The van der Waals surface area contributed by atoms with Crippen molar-refractivity contribution < 1.29 is 4.79 Å². The minimum absolute atomic E-state index is 0.0628. The van der Waals surface area contributed by atoms with E-state index < -0.39 is 0 Å². The number of nitrogens with zero attached hydrogens (tertiary/aromatic N) is 2. The predicted octanol–water partition coefficient (Wildman–Crippen LogP) is 1.84. The molecule has 1 saturated heterocycles. The maximum absolute atomic E-state index is 11.8. The Morgan fingerprint density at radius 3 is 3.00 bits per heavy atom. The lowest BCUT2D eigenvalue weighted by Gasteiger charge is -2.27. The molecule has 1 amide bonds. The second-order valence-electron chi connectivity index (χ2n) is 5.02. The Morgan fingerprint density at radius 1 is 1.33 bits per heavy atom. The Kier molecular flexibility index (Phi) is 2.82. The first-order chi connectivity index (χ1) is 8.79. The quantitative estimate of drug-likeness (QED) is 0.702. The molecule has 94 valence electrons. The van der Waals surface area contributed by atoms with Crippen molar-refractivity contribution in [2.24, 2.45) is 0 Å². The van der Waals surface area contributed by atoms with E-state index >= 15 is 0 Å². The number of carbonyl (C=O) groups excluding carboxylic acids is 1. The van der Waals surface area contributed by atoms with Gasteiger partial charge in [-0.25, -0.2) is 0 Å². The Balaban J connectivity index is 1.84. The molecule has 1 atom stereocenters. The number of hydrogen-bond acceptors (Lipinski definition) is 2. The van der Waals surface area contributed by atoms with E-state index in [2.05, 4.69) is 35.7 Å². The zero-order chi connectivity index (χ0) is 12.5. The van der Waals surface area contributed by atoms with Crippen LogP contribution in [0.1, 0.15) is 12.0 Å².